The number of nitrogens with one attached hydrogen (secondary N) is 1. The van der Waals surface area contributed by atoms with Gasteiger partial charge in [-0.2, -0.15) is 0 Å². The molecule has 0 aliphatic rings. The molecule has 0 atom stereocenters. The van der Waals surface area contributed by atoms with Gasteiger partial charge in [-0.1, -0.05) is 27.5 Å². The first-order chi connectivity index (χ1) is 9.38. The number of benzene rings is 2. The maximum Gasteiger partial charge on any atom is 0.259 e. The maximum absolute atomic E-state index is 13.6. The molecule has 0 radical (unpaired) electrons. The van der Waals surface area contributed by atoms with E-state index in [0.717, 1.165) is 18.2 Å². The van der Waals surface area contributed by atoms with Crippen LogP contribution in [0.25, 0.3) is 0 Å². The molecule has 0 saturated heterocycles. The summed E-state index contributed by atoms with van der Waals surface area (Å²) in [6.45, 7) is 0. The number of hydrogen-bond donors (Lipinski definition) is 2. The van der Waals surface area contributed by atoms with E-state index in [9.17, 15) is 18.7 Å². The lowest BCUT2D eigenvalue weighted by Gasteiger charge is -2.09. The number of phenols is 1. The zero-order chi connectivity index (χ0) is 14.9. The molecule has 0 spiro atoms. The Morgan fingerprint density at radius 2 is 1.80 bits per heavy atom. The van der Waals surface area contributed by atoms with E-state index in [1.807, 2.05) is 0 Å². The van der Waals surface area contributed by atoms with Gasteiger partial charge in [0.15, 0.2) is 11.6 Å². The number of hydrogen-bond acceptors (Lipinski definition) is 2. The van der Waals surface area contributed by atoms with E-state index in [4.69, 9.17) is 11.6 Å². The molecule has 2 aromatic carbocycles. The summed E-state index contributed by atoms with van der Waals surface area (Å²) in [5, 5.41) is 11.9. The fraction of sp³-hybridized carbons (Fsp3) is 0. The molecule has 0 aromatic heterocycles. The summed E-state index contributed by atoms with van der Waals surface area (Å²) in [5.74, 6) is -3.09. The van der Waals surface area contributed by atoms with Crippen LogP contribution in [-0.4, -0.2) is 11.0 Å². The summed E-state index contributed by atoms with van der Waals surface area (Å²) in [6.07, 6.45) is 0. The highest BCUT2D eigenvalue weighted by molar-refractivity contribution is 9.10. The lowest BCUT2D eigenvalue weighted by molar-refractivity contribution is 0.102. The number of carbonyl (C=O) groups is 1. The zero-order valence-electron chi connectivity index (χ0n) is 9.75. The molecule has 0 aliphatic heterocycles. The summed E-state index contributed by atoms with van der Waals surface area (Å²) < 4.78 is 27.4. The number of aromatic hydroxyl groups is 1. The SMILES string of the molecule is O=C(Nc1c(F)cc(Br)cc1F)c1ccc(Cl)cc1O. The Morgan fingerprint density at radius 1 is 1.20 bits per heavy atom. The van der Waals surface area contributed by atoms with E-state index in [0.29, 0.717) is 0 Å². The molecule has 1 amide bonds. The van der Waals surface area contributed by atoms with Crippen LogP contribution in [0.4, 0.5) is 14.5 Å². The largest absolute Gasteiger partial charge is 0.507 e. The number of carbonyl (C=O) groups excluding carboxylic acids is 1. The second-order valence-electron chi connectivity index (χ2n) is 3.86. The van der Waals surface area contributed by atoms with Crippen molar-refractivity contribution in [3.63, 3.8) is 0 Å². The van der Waals surface area contributed by atoms with Crippen molar-refractivity contribution >= 4 is 39.1 Å². The first-order valence-electron chi connectivity index (χ1n) is 5.33. The average Bonchev–Trinajstić information content (AvgIpc) is 2.33. The summed E-state index contributed by atoms with van der Waals surface area (Å²) >= 11 is 8.56. The van der Waals surface area contributed by atoms with E-state index in [2.05, 4.69) is 21.2 Å². The minimum atomic E-state index is -0.932. The number of rotatable bonds is 2. The van der Waals surface area contributed by atoms with Crippen molar-refractivity contribution < 1.29 is 18.7 Å². The quantitative estimate of drug-likeness (QED) is 0.835. The standard InChI is InChI=1S/C13H7BrClF2NO2/c14-6-3-9(16)12(10(17)4-6)18-13(20)8-2-1-7(15)5-11(8)19/h1-5,19H,(H,18,20). The molecule has 2 rings (SSSR count). The van der Waals surface area contributed by atoms with Gasteiger partial charge in [0.2, 0.25) is 0 Å². The third-order valence-corrected chi connectivity index (χ3v) is 3.14. The first-order valence-corrected chi connectivity index (χ1v) is 6.50. The topological polar surface area (TPSA) is 49.3 Å². The lowest BCUT2D eigenvalue weighted by atomic mass is 10.2. The second kappa shape index (κ2) is 5.76. The molecule has 20 heavy (non-hydrogen) atoms. The van der Waals surface area contributed by atoms with Crippen LogP contribution in [0.15, 0.2) is 34.8 Å². The molecule has 3 nitrogen and oxygen atoms in total. The number of anilines is 1. The summed E-state index contributed by atoms with van der Waals surface area (Å²) in [4.78, 5) is 11.9. The van der Waals surface area contributed by atoms with Gasteiger partial charge in [-0.15, -0.1) is 0 Å². The Morgan fingerprint density at radius 3 is 2.35 bits per heavy atom. The van der Waals surface area contributed by atoms with Crippen LogP contribution in [0.1, 0.15) is 10.4 Å². The monoisotopic (exact) mass is 361 g/mol. The average molecular weight is 363 g/mol. The van der Waals surface area contributed by atoms with E-state index >= 15 is 0 Å². The van der Waals surface area contributed by atoms with Crippen molar-refractivity contribution in [2.75, 3.05) is 5.32 Å². The summed E-state index contributed by atoms with van der Waals surface area (Å²) in [5.41, 5.74) is -0.733. The number of halogens is 4. The Hall–Kier alpha value is -1.66. The van der Waals surface area contributed by atoms with Crippen molar-refractivity contribution in [2.24, 2.45) is 0 Å². The molecule has 104 valence electrons. The first kappa shape index (κ1) is 14.7. The third kappa shape index (κ3) is 3.08. The Balaban J connectivity index is 2.33. The lowest BCUT2D eigenvalue weighted by Crippen LogP contribution is -2.14. The van der Waals surface area contributed by atoms with Gasteiger partial charge in [-0.3, -0.25) is 4.79 Å². The van der Waals surface area contributed by atoms with Gasteiger partial charge in [0.05, 0.1) is 5.56 Å². The van der Waals surface area contributed by atoms with Gasteiger partial charge in [0.1, 0.15) is 11.4 Å². The van der Waals surface area contributed by atoms with Gasteiger partial charge in [-0.25, -0.2) is 8.78 Å². The fourth-order valence-corrected chi connectivity index (χ4v) is 2.11. The van der Waals surface area contributed by atoms with Crippen LogP contribution in [-0.2, 0) is 0 Å². The molecule has 0 unspecified atom stereocenters. The zero-order valence-corrected chi connectivity index (χ0v) is 12.1. The van der Waals surface area contributed by atoms with Crippen molar-refractivity contribution in [3.8, 4) is 5.75 Å². The van der Waals surface area contributed by atoms with Crippen LogP contribution in [0.3, 0.4) is 0 Å². The van der Waals surface area contributed by atoms with Crippen LogP contribution in [0, 0.1) is 11.6 Å². The molecule has 0 aliphatic carbocycles. The predicted octanol–water partition coefficient (Wildman–Crippen LogP) is 4.34. The summed E-state index contributed by atoms with van der Waals surface area (Å²) in [7, 11) is 0. The van der Waals surface area contributed by atoms with Crippen molar-refractivity contribution in [2.45, 2.75) is 0 Å². The Labute approximate surface area is 126 Å². The van der Waals surface area contributed by atoms with Crippen LogP contribution in [0.5, 0.6) is 5.75 Å². The predicted molar refractivity (Wildman–Crippen MR) is 75.1 cm³/mol. The highest BCUT2D eigenvalue weighted by atomic mass is 79.9. The molecule has 2 aromatic rings. The van der Waals surface area contributed by atoms with Crippen molar-refractivity contribution in [3.05, 3.63) is 57.0 Å². The van der Waals surface area contributed by atoms with Gasteiger partial charge < -0.3 is 10.4 Å². The van der Waals surface area contributed by atoms with E-state index in [1.54, 1.807) is 0 Å². The third-order valence-electron chi connectivity index (χ3n) is 2.45. The number of phenolic OH excluding ortho intramolecular Hbond substituents is 1. The van der Waals surface area contributed by atoms with Crippen molar-refractivity contribution in [1.82, 2.24) is 0 Å². The molecule has 2 N–H and O–H groups in total. The minimum absolute atomic E-state index is 0.142. The van der Waals surface area contributed by atoms with E-state index in [1.165, 1.54) is 12.1 Å². The van der Waals surface area contributed by atoms with Crippen LogP contribution >= 0.6 is 27.5 Å². The molecule has 0 bridgehead atoms. The van der Waals surface area contributed by atoms with E-state index < -0.39 is 23.2 Å². The molecule has 7 heteroatoms. The second-order valence-corrected chi connectivity index (χ2v) is 5.21. The Bertz CT molecular complexity index is 671. The highest BCUT2D eigenvalue weighted by Gasteiger charge is 2.17. The van der Waals surface area contributed by atoms with Crippen LogP contribution < -0.4 is 5.32 Å². The van der Waals surface area contributed by atoms with Gasteiger partial charge in [0.25, 0.3) is 5.91 Å². The highest BCUT2D eigenvalue weighted by Crippen LogP contribution is 2.26. The smallest absolute Gasteiger partial charge is 0.259 e. The molecular weight excluding hydrogens is 356 g/mol. The fourth-order valence-electron chi connectivity index (χ4n) is 1.54. The Kier molecular flexibility index (Phi) is 4.25. The van der Waals surface area contributed by atoms with Crippen LogP contribution in [0.2, 0.25) is 5.02 Å². The molecule has 0 fully saturated rings. The maximum atomic E-state index is 13.6. The van der Waals surface area contributed by atoms with Gasteiger partial charge >= 0.3 is 0 Å². The van der Waals surface area contributed by atoms with Gasteiger partial charge in [0, 0.05) is 9.50 Å². The summed E-state index contributed by atoms with van der Waals surface area (Å²) in [6, 6.07) is 5.82. The van der Waals surface area contributed by atoms with Crippen molar-refractivity contribution in [1.29, 1.82) is 0 Å². The van der Waals surface area contributed by atoms with Gasteiger partial charge in [-0.05, 0) is 30.3 Å². The number of amides is 1. The molecule has 0 heterocycles. The molecule has 0 saturated carbocycles. The normalized spacial score (nSPS) is 10.4. The van der Waals surface area contributed by atoms with E-state index in [-0.39, 0.29) is 20.8 Å². The molecular formula is C13H7BrClF2NO2. The minimum Gasteiger partial charge on any atom is -0.507 e.